The molecule has 0 unspecified atom stereocenters. The highest BCUT2D eigenvalue weighted by Crippen LogP contribution is 2.67. The third-order valence-corrected chi connectivity index (χ3v) is 16.3. The first kappa shape index (κ1) is 50.6. The molecule has 60 heavy (non-hydrogen) atoms. The first-order valence-corrected chi connectivity index (χ1v) is 25.8. The minimum Gasteiger partial charge on any atom is -0.446 e. The smallest absolute Gasteiger partial charge is 0.410 e. The van der Waals surface area contributed by atoms with E-state index in [1.165, 1.54) is 108 Å². The van der Waals surface area contributed by atoms with Crippen LogP contribution in [0, 0.1) is 46.3 Å². The average Bonchev–Trinajstić information content (AvgIpc) is 3.58. The SMILES string of the molecule is CCCCCCCCCCCCC(=O)NCCCCCCN(CC(=O)NCCCN)C(=O)O[C@H]1CC[C@@]2(C)C(=CC[C@H]3[C@@H]4CC[C@H]([C@H](C)CCCC(C)C)[C@@]4(C)CC[C@@H]32)C1. The van der Waals surface area contributed by atoms with Crippen LogP contribution in [0.3, 0.4) is 0 Å². The summed E-state index contributed by atoms with van der Waals surface area (Å²) < 4.78 is 6.28. The Kier molecular flexibility index (Phi) is 22.3. The van der Waals surface area contributed by atoms with Crippen molar-refractivity contribution in [1.82, 2.24) is 15.5 Å². The summed E-state index contributed by atoms with van der Waals surface area (Å²) in [7, 11) is 0. The van der Waals surface area contributed by atoms with Gasteiger partial charge in [-0.1, -0.05) is 143 Å². The molecule has 0 bridgehead atoms. The molecule has 346 valence electrons. The van der Waals surface area contributed by atoms with Crippen molar-refractivity contribution < 1.29 is 19.1 Å². The minimum absolute atomic E-state index is 0.00675. The van der Waals surface area contributed by atoms with E-state index in [9.17, 15) is 14.4 Å². The zero-order chi connectivity index (χ0) is 43.4. The van der Waals surface area contributed by atoms with E-state index in [0.717, 1.165) is 93.3 Å². The van der Waals surface area contributed by atoms with Crippen LogP contribution in [0.4, 0.5) is 4.79 Å². The Morgan fingerprint density at radius 2 is 1.43 bits per heavy atom. The van der Waals surface area contributed by atoms with E-state index in [1.807, 2.05) is 0 Å². The standard InChI is InChI=1S/C52H94N4O4/c1-7-8-9-10-11-12-13-14-15-18-25-48(57)54-35-19-16-17-20-37-56(39-49(58)55-36-22-34-53)50(59)60-43-30-32-51(5)42(38-43)26-27-44-46-29-28-45(41(4)24-21-23-40(2)3)52(46,6)33-31-47(44)51/h26,40-41,43-47H,7-25,27-39,53H2,1-6H3,(H,54,57)(H,55,58)/t41-,43+,44+,45-,46+,47+,51+,52-/m1/s1. The molecular formula is C52H94N4O4. The number of amides is 3. The maximum atomic E-state index is 13.8. The summed E-state index contributed by atoms with van der Waals surface area (Å²) in [4.78, 5) is 40.6. The number of carbonyl (C=O) groups excluding carboxylic acids is 3. The number of carbonyl (C=O) groups is 3. The number of hydrogen-bond donors (Lipinski definition) is 3. The minimum atomic E-state index is -0.362. The van der Waals surface area contributed by atoms with Crippen LogP contribution in [0.2, 0.25) is 0 Å². The average molecular weight is 839 g/mol. The van der Waals surface area contributed by atoms with Crippen molar-refractivity contribution in [1.29, 1.82) is 0 Å². The fourth-order valence-corrected chi connectivity index (χ4v) is 12.6. The number of fused-ring (bicyclic) bond motifs is 5. The fraction of sp³-hybridized carbons (Fsp3) is 0.904. The summed E-state index contributed by atoms with van der Waals surface area (Å²) in [6.07, 6.45) is 33.4. The van der Waals surface area contributed by atoms with Crippen LogP contribution in [0.5, 0.6) is 0 Å². The van der Waals surface area contributed by atoms with Gasteiger partial charge < -0.3 is 21.1 Å². The molecule has 0 aromatic heterocycles. The third-order valence-electron chi connectivity index (χ3n) is 16.3. The van der Waals surface area contributed by atoms with Crippen LogP contribution in [0.1, 0.15) is 215 Å². The molecule has 3 saturated carbocycles. The van der Waals surface area contributed by atoms with Gasteiger partial charge in [-0.2, -0.15) is 0 Å². The molecule has 8 heteroatoms. The molecule has 0 aromatic carbocycles. The molecule has 4 N–H and O–H groups in total. The third kappa shape index (κ3) is 15.3. The number of nitrogens with one attached hydrogen (secondary N) is 2. The predicted molar refractivity (Wildman–Crippen MR) is 250 cm³/mol. The Morgan fingerprint density at radius 1 is 0.767 bits per heavy atom. The Bertz CT molecular complexity index is 1300. The van der Waals surface area contributed by atoms with Gasteiger partial charge in [-0.3, -0.25) is 14.5 Å². The lowest BCUT2D eigenvalue weighted by atomic mass is 9.47. The van der Waals surface area contributed by atoms with E-state index >= 15 is 0 Å². The van der Waals surface area contributed by atoms with Gasteiger partial charge in [-0.25, -0.2) is 4.79 Å². The van der Waals surface area contributed by atoms with E-state index in [-0.39, 0.29) is 36.0 Å². The van der Waals surface area contributed by atoms with Crippen LogP contribution < -0.4 is 16.4 Å². The number of unbranched alkanes of at least 4 members (excludes halogenated alkanes) is 12. The largest absolute Gasteiger partial charge is 0.446 e. The van der Waals surface area contributed by atoms with Crippen LogP contribution in [0.25, 0.3) is 0 Å². The Hall–Kier alpha value is -2.09. The second-order valence-electron chi connectivity index (χ2n) is 21.1. The number of allylic oxidation sites excluding steroid dienone is 1. The highest BCUT2D eigenvalue weighted by Gasteiger charge is 2.59. The van der Waals surface area contributed by atoms with E-state index in [4.69, 9.17) is 10.5 Å². The maximum Gasteiger partial charge on any atom is 0.410 e. The molecule has 0 aliphatic heterocycles. The molecule has 4 aliphatic carbocycles. The number of nitrogens with two attached hydrogens (primary N) is 1. The van der Waals surface area contributed by atoms with E-state index in [2.05, 4.69) is 58.3 Å². The highest BCUT2D eigenvalue weighted by molar-refractivity contribution is 5.82. The highest BCUT2D eigenvalue weighted by atomic mass is 16.6. The van der Waals surface area contributed by atoms with Crippen LogP contribution in [-0.4, -0.2) is 61.6 Å². The van der Waals surface area contributed by atoms with E-state index < -0.39 is 0 Å². The van der Waals surface area contributed by atoms with Gasteiger partial charge in [0.25, 0.3) is 0 Å². The summed E-state index contributed by atoms with van der Waals surface area (Å²) in [6, 6.07) is 0. The monoisotopic (exact) mass is 839 g/mol. The van der Waals surface area contributed by atoms with Crippen molar-refractivity contribution in [3.8, 4) is 0 Å². The lowest BCUT2D eigenvalue weighted by molar-refractivity contribution is -0.122. The van der Waals surface area contributed by atoms with Crippen LogP contribution >= 0.6 is 0 Å². The summed E-state index contributed by atoms with van der Waals surface area (Å²) in [5, 5.41) is 6.03. The van der Waals surface area contributed by atoms with Gasteiger partial charge in [0.1, 0.15) is 12.6 Å². The van der Waals surface area contributed by atoms with Crippen molar-refractivity contribution in [3.63, 3.8) is 0 Å². The molecule has 8 atom stereocenters. The fourth-order valence-electron chi connectivity index (χ4n) is 12.6. The summed E-state index contributed by atoms with van der Waals surface area (Å²) in [6.45, 7) is 17.0. The molecule has 0 heterocycles. The second-order valence-corrected chi connectivity index (χ2v) is 21.1. The van der Waals surface area contributed by atoms with Gasteiger partial charge in [-0.15, -0.1) is 0 Å². The van der Waals surface area contributed by atoms with Gasteiger partial charge in [0.2, 0.25) is 11.8 Å². The van der Waals surface area contributed by atoms with E-state index in [0.29, 0.717) is 44.4 Å². The zero-order valence-corrected chi connectivity index (χ0v) is 39.9. The number of ether oxygens (including phenoxy) is 1. The molecule has 0 spiro atoms. The quantitative estimate of drug-likeness (QED) is 0.0513. The van der Waals surface area contributed by atoms with Gasteiger partial charge in [-0.05, 0) is 124 Å². The topological polar surface area (TPSA) is 114 Å². The molecular weight excluding hydrogens is 745 g/mol. The number of nitrogens with zero attached hydrogens (tertiary/aromatic N) is 1. The van der Waals surface area contributed by atoms with Crippen molar-refractivity contribution >= 4 is 17.9 Å². The molecule has 0 radical (unpaired) electrons. The van der Waals surface area contributed by atoms with Crippen molar-refractivity contribution in [2.45, 2.75) is 221 Å². The Balaban J connectivity index is 1.19. The number of rotatable bonds is 29. The van der Waals surface area contributed by atoms with E-state index in [1.54, 1.807) is 4.90 Å². The summed E-state index contributed by atoms with van der Waals surface area (Å²) in [5.74, 6) is 4.84. The van der Waals surface area contributed by atoms with Gasteiger partial charge in [0, 0.05) is 32.5 Å². The molecule has 0 aromatic rings. The molecule has 8 nitrogen and oxygen atoms in total. The second kappa shape index (κ2) is 26.5. The van der Waals surface area contributed by atoms with Crippen molar-refractivity contribution in [2.75, 3.05) is 32.7 Å². The zero-order valence-electron chi connectivity index (χ0n) is 39.9. The van der Waals surface area contributed by atoms with Crippen molar-refractivity contribution in [3.05, 3.63) is 11.6 Å². The summed E-state index contributed by atoms with van der Waals surface area (Å²) >= 11 is 0. The van der Waals surface area contributed by atoms with Crippen molar-refractivity contribution in [2.24, 2.45) is 52.1 Å². The summed E-state index contributed by atoms with van der Waals surface area (Å²) in [5.41, 5.74) is 7.85. The van der Waals surface area contributed by atoms with Gasteiger partial charge in [0.05, 0.1) is 0 Å². The molecule has 3 fully saturated rings. The first-order chi connectivity index (χ1) is 28.9. The predicted octanol–water partition coefficient (Wildman–Crippen LogP) is 12.3. The Labute approximate surface area is 368 Å². The molecule has 0 saturated heterocycles. The van der Waals surface area contributed by atoms with Crippen LogP contribution in [0.15, 0.2) is 11.6 Å². The first-order valence-electron chi connectivity index (χ1n) is 25.8. The normalized spacial score (nSPS) is 27.7. The molecule has 4 aliphatic rings. The Morgan fingerprint density at radius 3 is 2.15 bits per heavy atom. The molecule has 4 rings (SSSR count). The van der Waals surface area contributed by atoms with Crippen LogP contribution in [-0.2, 0) is 14.3 Å². The number of hydrogen-bond acceptors (Lipinski definition) is 5. The lowest BCUT2D eigenvalue weighted by Crippen LogP contribution is -2.51. The van der Waals surface area contributed by atoms with Gasteiger partial charge in [0.15, 0.2) is 0 Å². The molecule has 3 amide bonds. The maximum absolute atomic E-state index is 13.8. The lowest BCUT2D eigenvalue weighted by Gasteiger charge is -2.58. The van der Waals surface area contributed by atoms with Gasteiger partial charge >= 0.3 is 6.09 Å².